The van der Waals surface area contributed by atoms with Gasteiger partial charge in [-0.15, -0.1) is 6.58 Å². The zero-order valence-electron chi connectivity index (χ0n) is 16.6. The van der Waals surface area contributed by atoms with Gasteiger partial charge < -0.3 is 9.30 Å². The van der Waals surface area contributed by atoms with E-state index in [1.807, 2.05) is 22.8 Å². The molecular weight excluding hydrogens is 360 g/mol. The lowest BCUT2D eigenvalue weighted by molar-refractivity contribution is 0.0361. The number of rotatable bonds is 5. The number of aryl methyl sites for hydroxylation is 2. The van der Waals surface area contributed by atoms with Gasteiger partial charge in [-0.1, -0.05) is 6.08 Å². The van der Waals surface area contributed by atoms with Crippen molar-refractivity contribution in [3.63, 3.8) is 0 Å². The molecule has 4 rings (SSSR count). The summed E-state index contributed by atoms with van der Waals surface area (Å²) < 4.78 is 12.0. The summed E-state index contributed by atoms with van der Waals surface area (Å²) in [6.07, 6.45) is 1.80. The second kappa shape index (κ2) is 7.06. The summed E-state index contributed by atoms with van der Waals surface area (Å²) in [5.41, 5.74) is 2.19. The second-order valence-electron chi connectivity index (χ2n) is 7.24. The van der Waals surface area contributed by atoms with Crippen molar-refractivity contribution in [1.82, 2.24) is 28.0 Å². The highest BCUT2D eigenvalue weighted by Crippen LogP contribution is 2.20. The highest BCUT2D eigenvalue weighted by atomic mass is 16.5. The van der Waals surface area contributed by atoms with Crippen molar-refractivity contribution in [1.29, 1.82) is 0 Å². The molecule has 0 atom stereocenters. The first kappa shape index (κ1) is 18.7. The molecule has 1 fully saturated rings. The number of nitrogens with zero attached hydrogens (tertiary/aromatic N) is 6. The standard InChI is InChI=1S/C19H26N6O3/c1-5-6-23-13(2)14(3)25-15-16(20-18(23)25)21(4)19(27)24(17(15)26)8-7-22-9-11-28-12-10-22/h5H,1,6-12H2,2-4H3. The van der Waals surface area contributed by atoms with Gasteiger partial charge in [0.15, 0.2) is 11.2 Å². The van der Waals surface area contributed by atoms with Crippen LogP contribution in [0.25, 0.3) is 16.9 Å². The number of hydrogen-bond donors (Lipinski definition) is 0. The van der Waals surface area contributed by atoms with Gasteiger partial charge >= 0.3 is 5.69 Å². The summed E-state index contributed by atoms with van der Waals surface area (Å²) in [6, 6.07) is 0. The number of hydrogen-bond acceptors (Lipinski definition) is 5. The normalized spacial score (nSPS) is 15.7. The lowest BCUT2D eigenvalue weighted by Crippen LogP contribution is -2.44. The number of morpholine rings is 1. The van der Waals surface area contributed by atoms with E-state index in [0.717, 1.165) is 24.5 Å². The number of fused-ring (bicyclic) bond motifs is 3. The van der Waals surface area contributed by atoms with Gasteiger partial charge in [-0.25, -0.2) is 4.79 Å². The molecule has 0 radical (unpaired) electrons. The topological polar surface area (TPSA) is 78.7 Å². The predicted molar refractivity (Wildman–Crippen MR) is 107 cm³/mol. The molecule has 1 saturated heterocycles. The molecule has 1 aliphatic rings. The van der Waals surface area contributed by atoms with Gasteiger partial charge in [-0.2, -0.15) is 4.98 Å². The fraction of sp³-hybridized carbons (Fsp3) is 0.526. The van der Waals surface area contributed by atoms with Gasteiger partial charge in [-0.3, -0.25) is 23.2 Å². The largest absolute Gasteiger partial charge is 0.379 e. The molecule has 3 aromatic heterocycles. The van der Waals surface area contributed by atoms with E-state index in [9.17, 15) is 9.59 Å². The molecule has 4 heterocycles. The minimum Gasteiger partial charge on any atom is -0.379 e. The van der Waals surface area contributed by atoms with E-state index in [2.05, 4.69) is 16.5 Å². The van der Waals surface area contributed by atoms with Gasteiger partial charge in [-0.05, 0) is 13.8 Å². The van der Waals surface area contributed by atoms with Crippen LogP contribution < -0.4 is 11.2 Å². The summed E-state index contributed by atoms with van der Waals surface area (Å²) in [5, 5.41) is 0. The molecule has 0 aromatic carbocycles. The van der Waals surface area contributed by atoms with Crippen LogP contribution in [0.5, 0.6) is 0 Å². The molecule has 1 aliphatic heterocycles. The fourth-order valence-electron chi connectivity index (χ4n) is 3.93. The average molecular weight is 386 g/mol. The maximum atomic E-state index is 13.3. The maximum absolute atomic E-state index is 13.3. The number of ether oxygens (including phenoxy) is 1. The van der Waals surface area contributed by atoms with Crippen molar-refractivity contribution < 1.29 is 4.74 Å². The minimum atomic E-state index is -0.337. The van der Waals surface area contributed by atoms with Crippen molar-refractivity contribution in [2.75, 3.05) is 32.8 Å². The highest BCUT2D eigenvalue weighted by molar-refractivity contribution is 5.76. The van der Waals surface area contributed by atoms with Crippen LogP contribution in [0.4, 0.5) is 0 Å². The Labute approximate surface area is 162 Å². The van der Waals surface area contributed by atoms with Crippen LogP contribution in [0.15, 0.2) is 22.2 Å². The first-order chi connectivity index (χ1) is 13.5. The Morgan fingerprint density at radius 1 is 1.11 bits per heavy atom. The lowest BCUT2D eigenvalue weighted by atomic mass is 10.3. The third-order valence-corrected chi connectivity index (χ3v) is 5.69. The predicted octanol–water partition coefficient (Wildman–Crippen LogP) is 0.284. The summed E-state index contributed by atoms with van der Waals surface area (Å²) in [5.74, 6) is 0.655. The highest BCUT2D eigenvalue weighted by Gasteiger charge is 2.22. The molecule has 28 heavy (non-hydrogen) atoms. The Morgan fingerprint density at radius 2 is 1.82 bits per heavy atom. The monoisotopic (exact) mass is 386 g/mol. The SMILES string of the molecule is C=CCn1c(C)c(C)n2c3c(=O)n(CCN4CCOCC4)c(=O)n(C)c3nc12. The van der Waals surface area contributed by atoms with Gasteiger partial charge in [0.2, 0.25) is 5.78 Å². The Kier molecular flexibility index (Phi) is 4.72. The lowest BCUT2D eigenvalue weighted by Gasteiger charge is -2.26. The van der Waals surface area contributed by atoms with Crippen LogP contribution in [0.2, 0.25) is 0 Å². The van der Waals surface area contributed by atoms with E-state index in [-0.39, 0.29) is 11.2 Å². The van der Waals surface area contributed by atoms with Crippen LogP contribution in [0.3, 0.4) is 0 Å². The molecule has 9 heteroatoms. The Balaban J connectivity index is 1.89. The molecule has 0 saturated carbocycles. The fourth-order valence-corrected chi connectivity index (χ4v) is 3.93. The van der Waals surface area contributed by atoms with Gasteiger partial charge in [0.1, 0.15) is 0 Å². The number of allylic oxidation sites excluding steroid dienone is 1. The third kappa shape index (κ3) is 2.73. The van der Waals surface area contributed by atoms with Crippen molar-refractivity contribution in [3.8, 4) is 0 Å². The van der Waals surface area contributed by atoms with Crippen LogP contribution in [0, 0.1) is 13.8 Å². The zero-order valence-corrected chi connectivity index (χ0v) is 16.6. The maximum Gasteiger partial charge on any atom is 0.332 e. The van der Waals surface area contributed by atoms with E-state index in [4.69, 9.17) is 4.74 Å². The second-order valence-corrected chi connectivity index (χ2v) is 7.24. The zero-order chi connectivity index (χ0) is 20.0. The molecule has 0 spiro atoms. The Bertz CT molecular complexity index is 1170. The van der Waals surface area contributed by atoms with E-state index in [0.29, 0.717) is 49.8 Å². The van der Waals surface area contributed by atoms with Crippen LogP contribution in [-0.2, 0) is 24.9 Å². The smallest absolute Gasteiger partial charge is 0.332 e. The summed E-state index contributed by atoms with van der Waals surface area (Å²) in [7, 11) is 1.67. The van der Waals surface area contributed by atoms with Gasteiger partial charge in [0.05, 0.1) is 13.2 Å². The third-order valence-electron chi connectivity index (χ3n) is 5.69. The quantitative estimate of drug-likeness (QED) is 0.589. The molecule has 0 unspecified atom stereocenters. The average Bonchev–Trinajstić information content (AvgIpc) is 3.19. The first-order valence-electron chi connectivity index (χ1n) is 9.54. The first-order valence-corrected chi connectivity index (χ1v) is 9.54. The molecule has 0 aliphatic carbocycles. The van der Waals surface area contributed by atoms with Crippen molar-refractivity contribution in [3.05, 3.63) is 44.9 Å². The molecule has 150 valence electrons. The summed E-state index contributed by atoms with van der Waals surface area (Å²) >= 11 is 0. The molecule has 9 nitrogen and oxygen atoms in total. The van der Waals surface area contributed by atoms with E-state index in [1.54, 1.807) is 13.1 Å². The Hall–Kier alpha value is -2.65. The van der Waals surface area contributed by atoms with Gasteiger partial charge in [0.25, 0.3) is 5.56 Å². The number of aromatic nitrogens is 5. The Morgan fingerprint density at radius 3 is 2.50 bits per heavy atom. The van der Waals surface area contributed by atoms with Crippen molar-refractivity contribution >= 4 is 16.9 Å². The van der Waals surface area contributed by atoms with Crippen LogP contribution in [0.1, 0.15) is 11.4 Å². The molecule has 0 N–H and O–H groups in total. The molecular formula is C19H26N6O3. The van der Waals surface area contributed by atoms with Crippen molar-refractivity contribution in [2.45, 2.75) is 26.9 Å². The van der Waals surface area contributed by atoms with E-state index >= 15 is 0 Å². The van der Waals surface area contributed by atoms with Crippen LogP contribution >= 0.6 is 0 Å². The molecule has 0 bridgehead atoms. The van der Waals surface area contributed by atoms with Crippen LogP contribution in [-0.4, -0.2) is 60.8 Å². The molecule has 0 amide bonds. The van der Waals surface area contributed by atoms with E-state index in [1.165, 1.54) is 9.13 Å². The van der Waals surface area contributed by atoms with E-state index < -0.39 is 0 Å². The molecule has 3 aromatic rings. The van der Waals surface area contributed by atoms with Crippen molar-refractivity contribution in [2.24, 2.45) is 7.05 Å². The minimum absolute atomic E-state index is 0.294. The van der Waals surface area contributed by atoms with Gasteiger partial charge in [0, 0.05) is 51.2 Å². The summed E-state index contributed by atoms with van der Waals surface area (Å²) in [4.78, 5) is 33.0. The summed E-state index contributed by atoms with van der Waals surface area (Å²) in [6.45, 7) is 12.3. The number of imidazole rings is 2.